The lowest BCUT2D eigenvalue weighted by Crippen LogP contribution is -2.11. The quantitative estimate of drug-likeness (QED) is 0.876. The Labute approximate surface area is 125 Å². The fourth-order valence-corrected chi connectivity index (χ4v) is 3.03. The van der Waals surface area contributed by atoms with E-state index in [0.29, 0.717) is 6.54 Å². The van der Waals surface area contributed by atoms with E-state index in [0.717, 1.165) is 0 Å². The Morgan fingerprint density at radius 3 is 2.35 bits per heavy atom. The highest BCUT2D eigenvalue weighted by Gasteiger charge is 2.15. The lowest BCUT2D eigenvalue weighted by Gasteiger charge is -2.19. The van der Waals surface area contributed by atoms with Crippen molar-refractivity contribution < 1.29 is 0 Å². The van der Waals surface area contributed by atoms with Crippen LogP contribution in [-0.4, -0.2) is 16.3 Å². The zero-order chi connectivity index (χ0) is 14.8. The van der Waals surface area contributed by atoms with E-state index in [-0.39, 0.29) is 10.7 Å². The maximum atomic E-state index is 5.90. The number of nitrogens with two attached hydrogens (primary N) is 1. The highest BCUT2D eigenvalue weighted by atomic mass is 32.2. The molecule has 2 rings (SSSR count). The van der Waals surface area contributed by atoms with Gasteiger partial charge in [-0.3, -0.25) is 4.68 Å². The first-order valence-corrected chi connectivity index (χ1v) is 7.74. The Morgan fingerprint density at radius 1 is 1.25 bits per heavy atom. The van der Waals surface area contributed by atoms with E-state index in [1.54, 1.807) is 11.8 Å². The first kappa shape index (κ1) is 15.1. The third kappa shape index (κ3) is 3.64. The van der Waals surface area contributed by atoms with Gasteiger partial charge in [0.2, 0.25) is 0 Å². The van der Waals surface area contributed by atoms with Crippen molar-refractivity contribution in [2.45, 2.75) is 36.3 Å². The van der Waals surface area contributed by atoms with Crippen LogP contribution in [0.4, 0.5) is 0 Å². The normalized spacial score (nSPS) is 13.4. The molecule has 0 bridgehead atoms. The first-order chi connectivity index (χ1) is 9.40. The van der Waals surface area contributed by atoms with Crippen molar-refractivity contribution in [1.82, 2.24) is 9.78 Å². The van der Waals surface area contributed by atoms with Crippen molar-refractivity contribution in [3.63, 3.8) is 0 Å². The van der Waals surface area contributed by atoms with E-state index < -0.39 is 0 Å². The standard InChI is InChI=1S/C16H23N3S/c1-16(2,3)13-5-7-14(8-6-13)20-15(9-17)12-10-18-19(4)11-12/h5-8,10-11,15H,9,17H2,1-4H3. The summed E-state index contributed by atoms with van der Waals surface area (Å²) in [6, 6.07) is 8.78. The third-order valence-electron chi connectivity index (χ3n) is 3.31. The molecule has 1 unspecified atom stereocenters. The summed E-state index contributed by atoms with van der Waals surface area (Å²) in [6.45, 7) is 7.30. The fourth-order valence-electron chi connectivity index (χ4n) is 2.06. The summed E-state index contributed by atoms with van der Waals surface area (Å²) in [7, 11) is 1.93. The molecule has 0 aliphatic carbocycles. The molecule has 0 aliphatic rings. The Balaban J connectivity index is 2.12. The maximum absolute atomic E-state index is 5.90. The van der Waals surface area contributed by atoms with Gasteiger partial charge >= 0.3 is 0 Å². The molecule has 0 saturated carbocycles. The molecule has 1 heterocycles. The number of hydrogen-bond acceptors (Lipinski definition) is 3. The van der Waals surface area contributed by atoms with E-state index >= 15 is 0 Å². The highest BCUT2D eigenvalue weighted by molar-refractivity contribution is 7.99. The molecule has 0 aliphatic heterocycles. The second-order valence-corrected chi connectivity index (χ2v) is 7.34. The molecule has 3 nitrogen and oxygen atoms in total. The SMILES string of the molecule is Cn1cc(C(CN)Sc2ccc(C(C)(C)C)cc2)cn1. The summed E-state index contributed by atoms with van der Waals surface area (Å²) in [4.78, 5) is 1.25. The monoisotopic (exact) mass is 289 g/mol. The molecule has 0 saturated heterocycles. The molecule has 108 valence electrons. The number of aromatic nitrogens is 2. The molecule has 1 aromatic carbocycles. The van der Waals surface area contributed by atoms with Crippen LogP contribution in [0.25, 0.3) is 0 Å². The van der Waals surface area contributed by atoms with Gasteiger partial charge in [-0.15, -0.1) is 11.8 Å². The smallest absolute Gasteiger partial charge is 0.0533 e. The van der Waals surface area contributed by atoms with Crippen LogP contribution in [0.3, 0.4) is 0 Å². The van der Waals surface area contributed by atoms with Crippen molar-refractivity contribution in [1.29, 1.82) is 0 Å². The largest absolute Gasteiger partial charge is 0.329 e. The molecular weight excluding hydrogens is 266 g/mol. The van der Waals surface area contributed by atoms with Crippen molar-refractivity contribution in [2.75, 3.05) is 6.54 Å². The molecule has 0 radical (unpaired) electrons. The molecule has 20 heavy (non-hydrogen) atoms. The van der Waals surface area contributed by atoms with Gasteiger partial charge in [-0.1, -0.05) is 32.9 Å². The summed E-state index contributed by atoms with van der Waals surface area (Å²) in [5.41, 5.74) is 8.63. The average molecular weight is 289 g/mol. The zero-order valence-corrected chi connectivity index (χ0v) is 13.4. The molecule has 4 heteroatoms. The summed E-state index contributed by atoms with van der Waals surface area (Å²) >= 11 is 1.80. The lowest BCUT2D eigenvalue weighted by molar-refractivity contribution is 0.590. The van der Waals surface area contributed by atoms with Crippen molar-refractivity contribution in [3.05, 3.63) is 47.8 Å². The van der Waals surface area contributed by atoms with Crippen LogP contribution in [0.15, 0.2) is 41.6 Å². The van der Waals surface area contributed by atoms with Gasteiger partial charge in [0.15, 0.2) is 0 Å². The van der Waals surface area contributed by atoms with Crippen LogP contribution < -0.4 is 5.73 Å². The van der Waals surface area contributed by atoms with E-state index in [4.69, 9.17) is 5.73 Å². The van der Waals surface area contributed by atoms with E-state index in [2.05, 4.69) is 50.1 Å². The predicted molar refractivity (Wildman–Crippen MR) is 86.0 cm³/mol. The molecule has 0 amide bonds. The van der Waals surface area contributed by atoms with E-state index in [1.807, 2.05) is 24.1 Å². The Hall–Kier alpha value is -1.26. The van der Waals surface area contributed by atoms with Crippen LogP contribution in [0, 0.1) is 0 Å². The summed E-state index contributed by atoms with van der Waals surface area (Å²) in [6.07, 6.45) is 3.93. The van der Waals surface area contributed by atoms with Gasteiger partial charge in [0.05, 0.1) is 6.20 Å². The van der Waals surface area contributed by atoms with E-state index in [1.165, 1.54) is 16.0 Å². The molecule has 0 fully saturated rings. The molecular formula is C16H23N3S. The van der Waals surface area contributed by atoms with Crippen LogP contribution >= 0.6 is 11.8 Å². The van der Waals surface area contributed by atoms with Gasteiger partial charge in [-0.05, 0) is 23.1 Å². The molecule has 1 atom stereocenters. The Bertz CT molecular complexity index is 552. The minimum absolute atomic E-state index is 0.194. The number of benzene rings is 1. The van der Waals surface area contributed by atoms with E-state index in [9.17, 15) is 0 Å². The van der Waals surface area contributed by atoms with Crippen LogP contribution in [0.5, 0.6) is 0 Å². The second kappa shape index (κ2) is 6.02. The molecule has 2 aromatic rings. The fraction of sp³-hybridized carbons (Fsp3) is 0.438. The van der Waals surface area contributed by atoms with Gasteiger partial charge in [-0.2, -0.15) is 5.10 Å². The number of hydrogen-bond donors (Lipinski definition) is 1. The van der Waals surface area contributed by atoms with Gasteiger partial charge in [-0.25, -0.2) is 0 Å². The van der Waals surface area contributed by atoms with Crippen molar-refractivity contribution >= 4 is 11.8 Å². The summed E-state index contributed by atoms with van der Waals surface area (Å²) in [5.74, 6) is 0. The Morgan fingerprint density at radius 2 is 1.90 bits per heavy atom. The number of nitrogens with zero attached hydrogens (tertiary/aromatic N) is 2. The molecule has 2 N–H and O–H groups in total. The summed E-state index contributed by atoms with van der Waals surface area (Å²) < 4.78 is 1.82. The summed E-state index contributed by atoms with van der Waals surface area (Å²) in [5, 5.41) is 4.48. The van der Waals surface area contributed by atoms with Crippen LogP contribution in [0.2, 0.25) is 0 Å². The number of aryl methyl sites for hydroxylation is 1. The van der Waals surface area contributed by atoms with Gasteiger partial charge < -0.3 is 5.73 Å². The zero-order valence-electron chi connectivity index (χ0n) is 12.6. The second-order valence-electron chi connectivity index (χ2n) is 6.06. The molecule has 1 aromatic heterocycles. The average Bonchev–Trinajstić information content (AvgIpc) is 2.82. The lowest BCUT2D eigenvalue weighted by atomic mass is 9.87. The van der Waals surface area contributed by atoms with Crippen molar-refractivity contribution in [3.8, 4) is 0 Å². The minimum Gasteiger partial charge on any atom is -0.329 e. The first-order valence-electron chi connectivity index (χ1n) is 6.86. The number of thioether (sulfide) groups is 1. The van der Waals surface area contributed by atoms with Crippen molar-refractivity contribution in [2.24, 2.45) is 12.8 Å². The van der Waals surface area contributed by atoms with Crippen LogP contribution in [-0.2, 0) is 12.5 Å². The highest BCUT2D eigenvalue weighted by Crippen LogP contribution is 2.35. The molecule has 0 spiro atoms. The maximum Gasteiger partial charge on any atom is 0.0533 e. The van der Waals surface area contributed by atoms with Crippen LogP contribution in [0.1, 0.15) is 37.1 Å². The van der Waals surface area contributed by atoms with Gasteiger partial charge in [0.1, 0.15) is 0 Å². The third-order valence-corrected chi connectivity index (χ3v) is 4.60. The van der Waals surface area contributed by atoms with Gasteiger partial charge in [0.25, 0.3) is 0 Å². The predicted octanol–water partition coefficient (Wildman–Crippen LogP) is 3.51. The topological polar surface area (TPSA) is 43.8 Å². The minimum atomic E-state index is 0.194. The number of rotatable bonds is 4. The Kier molecular flexibility index (Phi) is 4.55. The van der Waals surface area contributed by atoms with Gasteiger partial charge in [0, 0.05) is 35.5 Å².